The van der Waals surface area contributed by atoms with Gasteiger partial charge in [0.05, 0.1) is 11.0 Å². The van der Waals surface area contributed by atoms with Crippen molar-refractivity contribution in [2.24, 2.45) is 0 Å². The molecule has 9 nitrogen and oxygen atoms in total. The van der Waals surface area contributed by atoms with Crippen LogP contribution in [-0.4, -0.2) is 27.5 Å². The lowest BCUT2D eigenvalue weighted by atomic mass is 10.0. The monoisotopic (exact) mass is 454 g/mol. The molecule has 3 aromatic rings. The molecule has 11 heteroatoms. The van der Waals surface area contributed by atoms with E-state index in [1.54, 1.807) is 29.4 Å². The second kappa shape index (κ2) is 9.55. The number of aromatic nitrogens is 2. The minimum Gasteiger partial charge on any atom is -0.349 e. The SMILES string of the molecule is O=C(NCc1cccnc1)Nc1nc(N2CCC[C@@H]2c2cc(F)ccc2F)ccc1[N+](=O)[O-]. The third kappa shape index (κ3) is 5.03. The van der Waals surface area contributed by atoms with E-state index in [0.29, 0.717) is 25.2 Å². The highest BCUT2D eigenvalue weighted by Crippen LogP contribution is 2.38. The summed E-state index contributed by atoms with van der Waals surface area (Å²) in [4.78, 5) is 33.2. The lowest BCUT2D eigenvalue weighted by molar-refractivity contribution is -0.384. The smallest absolute Gasteiger partial charge is 0.320 e. The number of nitrogens with one attached hydrogen (secondary N) is 2. The Kier molecular flexibility index (Phi) is 6.38. The molecule has 0 aliphatic carbocycles. The van der Waals surface area contributed by atoms with Crippen molar-refractivity contribution in [3.05, 3.63) is 87.7 Å². The fourth-order valence-corrected chi connectivity index (χ4v) is 3.81. The molecular weight excluding hydrogens is 434 g/mol. The van der Waals surface area contributed by atoms with Gasteiger partial charge in [-0.25, -0.2) is 18.6 Å². The second-order valence-corrected chi connectivity index (χ2v) is 7.48. The number of nitrogens with zero attached hydrogens (tertiary/aromatic N) is 4. The average molecular weight is 454 g/mol. The van der Waals surface area contributed by atoms with Crippen LogP contribution in [0.4, 0.5) is 30.9 Å². The van der Waals surface area contributed by atoms with Crippen LogP contribution in [0.1, 0.15) is 30.0 Å². The number of carbonyl (C=O) groups excluding carboxylic acids is 1. The van der Waals surface area contributed by atoms with Gasteiger partial charge >= 0.3 is 11.7 Å². The number of hydrogen-bond donors (Lipinski definition) is 2. The molecule has 1 aliphatic heterocycles. The maximum absolute atomic E-state index is 14.4. The molecule has 1 aliphatic rings. The summed E-state index contributed by atoms with van der Waals surface area (Å²) < 4.78 is 28.1. The highest BCUT2D eigenvalue weighted by Gasteiger charge is 2.31. The first-order valence-corrected chi connectivity index (χ1v) is 10.2. The number of urea groups is 1. The van der Waals surface area contributed by atoms with Crippen LogP contribution in [0.5, 0.6) is 0 Å². The van der Waals surface area contributed by atoms with E-state index >= 15 is 0 Å². The van der Waals surface area contributed by atoms with E-state index in [0.717, 1.165) is 23.8 Å². The summed E-state index contributed by atoms with van der Waals surface area (Å²) in [7, 11) is 0. The summed E-state index contributed by atoms with van der Waals surface area (Å²) >= 11 is 0. The highest BCUT2D eigenvalue weighted by molar-refractivity contribution is 5.90. The Morgan fingerprint density at radius 1 is 1.24 bits per heavy atom. The molecule has 2 aromatic heterocycles. The van der Waals surface area contributed by atoms with Crippen LogP contribution in [0.2, 0.25) is 0 Å². The summed E-state index contributed by atoms with van der Waals surface area (Å²) in [6.45, 7) is 0.665. The summed E-state index contributed by atoms with van der Waals surface area (Å²) in [5.41, 5.74) is 0.556. The first kappa shape index (κ1) is 22.1. The maximum atomic E-state index is 14.4. The second-order valence-electron chi connectivity index (χ2n) is 7.48. The first-order valence-electron chi connectivity index (χ1n) is 10.2. The van der Waals surface area contributed by atoms with Gasteiger partial charge < -0.3 is 10.2 Å². The molecule has 1 atom stereocenters. The van der Waals surface area contributed by atoms with Gasteiger partial charge in [-0.3, -0.25) is 20.4 Å². The predicted molar refractivity (Wildman–Crippen MR) is 117 cm³/mol. The van der Waals surface area contributed by atoms with Gasteiger partial charge in [0.2, 0.25) is 5.82 Å². The van der Waals surface area contributed by atoms with Crippen LogP contribution in [0, 0.1) is 21.7 Å². The summed E-state index contributed by atoms with van der Waals surface area (Å²) in [5, 5.41) is 16.5. The van der Waals surface area contributed by atoms with Gasteiger partial charge in [0.25, 0.3) is 0 Å². The van der Waals surface area contributed by atoms with Crippen LogP contribution in [-0.2, 0) is 6.54 Å². The Hall–Kier alpha value is -4.15. The number of pyridine rings is 2. The molecule has 1 saturated heterocycles. The number of hydrogen-bond acceptors (Lipinski definition) is 6. The Morgan fingerprint density at radius 3 is 2.85 bits per heavy atom. The summed E-state index contributed by atoms with van der Waals surface area (Å²) in [5.74, 6) is -1.02. The largest absolute Gasteiger partial charge is 0.349 e. The van der Waals surface area contributed by atoms with Crippen LogP contribution in [0.25, 0.3) is 0 Å². The Bertz CT molecular complexity index is 1180. The minimum atomic E-state index is -0.680. The Balaban J connectivity index is 1.57. The van der Waals surface area contributed by atoms with Gasteiger partial charge in [0.1, 0.15) is 17.5 Å². The molecule has 3 heterocycles. The number of anilines is 2. The van der Waals surface area contributed by atoms with Gasteiger partial charge in [-0.05, 0) is 48.7 Å². The molecule has 2 amide bonds. The summed E-state index contributed by atoms with van der Waals surface area (Å²) in [6.07, 6.45) is 4.45. The van der Waals surface area contributed by atoms with Crippen molar-refractivity contribution in [1.29, 1.82) is 0 Å². The van der Waals surface area contributed by atoms with Gasteiger partial charge in [0, 0.05) is 37.1 Å². The highest BCUT2D eigenvalue weighted by atomic mass is 19.1. The van der Waals surface area contributed by atoms with E-state index in [-0.39, 0.29) is 23.6 Å². The van der Waals surface area contributed by atoms with Crippen molar-refractivity contribution in [2.45, 2.75) is 25.4 Å². The molecular formula is C22H20F2N6O3. The topological polar surface area (TPSA) is 113 Å². The third-order valence-electron chi connectivity index (χ3n) is 5.33. The number of halogens is 2. The van der Waals surface area contributed by atoms with Crippen molar-refractivity contribution in [3.8, 4) is 0 Å². The van der Waals surface area contributed by atoms with Crippen molar-refractivity contribution in [1.82, 2.24) is 15.3 Å². The molecule has 1 fully saturated rings. The quantitative estimate of drug-likeness (QED) is 0.424. The lowest BCUT2D eigenvalue weighted by Gasteiger charge is -2.26. The van der Waals surface area contributed by atoms with Gasteiger partial charge in [-0.2, -0.15) is 0 Å². The fraction of sp³-hybridized carbons (Fsp3) is 0.227. The van der Waals surface area contributed by atoms with E-state index in [9.17, 15) is 23.7 Å². The van der Waals surface area contributed by atoms with Gasteiger partial charge in [0.15, 0.2) is 0 Å². The van der Waals surface area contributed by atoms with E-state index in [1.807, 2.05) is 0 Å². The number of amides is 2. The zero-order valence-corrected chi connectivity index (χ0v) is 17.4. The molecule has 170 valence electrons. The molecule has 0 saturated carbocycles. The molecule has 1 aromatic carbocycles. The Morgan fingerprint density at radius 2 is 2.09 bits per heavy atom. The van der Waals surface area contributed by atoms with Crippen molar-refractivity contribution in [3.63, 3.8) is 0 Å². The number of carbonyl (C=O) groups is 1. The molecule has 0 spiro atoms. The normalized spacial score (nSPS) is 15.3. The van der Waals surface area contributed by atoms with Crippen LogP contribution < -0.4 is 15.5 Å². The van der Waals surface area contributed by atoms with E-state index in [1.165, 1.54) is 12.1 Å². The predicted octanol–water partition coefficient (Wildman–Crippen LogP) is 4.33. The van der Waals surface area contributed by atoms with E-state index in [4.69, 9.17) is 0 Å². The van der Waals surface area contributed by atoms with E-state index in [2.05, 4.69) is 20.6 Å². The molecule has 33 heavy (non-hydrogen) atoms. The van der Waals surface area contributed by atoms with Gasteiger partial charge in [-0.15, -0.1) is 0 Å². The molecule has 0 bridgehead atoms. The van der Waals surface area contributed by atoms with Crippen molar-refractivity contribution < 1.29 is 18.5 Å². The number of rotatable bonds is 6. The zero-order chi connectivity index (χ0) is 23.4. The molecule has 4 rings (SSSR count). The number of nitro groups is 1. The maximum Gasteiger partial charge on any atom is 0.320 e. The standard InChI is InChI=1S/C22H20F2N6O3/c23-15-5-6-17(24)16(11-15)18-4-2-10-29(18)20-8-7-19(30(32)33)21(27-20)28-22(31)26-13-14-3-1-9-25-12-14/h1,3,5-9,11-12,18H,2,4,10,13H2,(H2,26,27,28,31)/t18-/m1/s1. The van der Waals surface area contributed by atoms with Gasteiger partial charge in [-0.1, -0.05) is 6.07 Å². The summed E-state index contributed by atoms with van der Waals surface area (Å²) in [6, 6.07) is 8.27. The average Bonchev–Trinajstić information content (AvgIpc) is 3.29. The van der Waals surface area contributed by atoms with Crippen LogP contribution >= 0.6 is 0 Å². The molecule has 0 unspecified atom stereocenters. The molecule has 2 N–H and O–H groups in total. The third-order valence-corrected chi connectivity index (χ3v) is 5.33. The number of benzene rings is 1. The van der Waals surface area contributed by atoms with Crippen molar-refractivity contribution in [2.75, 3.05) is 16.8 Å². The molecule has 0 radical (unpaired) electrons. The van der Waals surface area contributed by atoms with E-state index < -0.39 is 28.6 Å². The first-order chi connectivity index (χ1) is 15.9. The Labute approximate surface area is 187 Å². The fourth-order valence-electron chi connectivity index (χ4n) is 3.81. The van der Waals surface area contributed by atoms with Crippen LogP contribution in [0.3, 0.4) is 0 Å². The lowest BCUT2D eigenvalue weighted by Crippen LogP contribution is -2.29. The minimum absolute atomic E-state index is 0.167. The zero-order valence-electron chi connectivity index (χ0n) is 17.4. The van der Waals surface area contributed by atoms with Crippen LogP contribution in [0.15, 0.2) is 54.9 Å². The van der Waals surface area contributed by atoms with Crippen molar-refractivity contribution >= 4 is 23.4 Å².